The van der Waals surface area contributed by atoms with Crippen LogP contribution in [0, 0.1) is 5.82 Å². The molecule has 19 heavy (non-hydrogen) atoms. The van der Waals surface area contributed by atoms with Crippen LogP contribution in [0.2, 0.25) is 0 Å². The minimum atomic E-state index is -0.431. The highest BCUT2D eigenvalue weighted by molar-refractivity contribution is 9.10. The van der Waals surface area contributed by atoms with Crippen molar-refractivity contribution < 1.29 is 4.39 Å². The fraction of sp³-hybridized carbons (Fsp3) is 0.333. The monoisotopic (exact) mass is 344 g/mol. The fourth-order valence-corrected chi connectivity index (χ4v) is 3.04. The molecular formula is C12H14BrFN4S. The number of benzene rings is 1. The van der Waals surface area contributed by atoms with Crippen molar-refractivity contribution in [2.75, 3.05) is 0 Å². The van der Waals surface area contributed by atoms with E-state index in [1.165, 1.54) is 17.6 Å². The summed E-state index contributed by atoms with van der Waals surface area (Å²) in [7, 11) is 0. The van der Waals surface area contributed by atoms with Gasteiger partial charge in [0.2, 0.25) is 0 Å². The third kappa shape index (κ3) is 3.17. The van der Waals surface area contributed by atoms with Crippen LogP contribution in [0.15, 0.2) is 22.7 Å². The number of halogens is 2. The second kappa shape index (κ2) is 6.51. The molecule has 0 saturated heterocycles. The lowest BCUT2D eigenvalue weighted by Crippen LogP contribution is -2.29. The lowest BCUT2D eigenvalue weighted by Gasteiger charge is -2.16. The second-order valence-electron chi connectivity index (χ2n) is 4.10. The van der Waals surface area contributed by atoms with Gasteiger partial charge in [-0.1, -0.05) is 33.8 Å². The lowest BCUT2D eigenvalue weighted by molar-refractivity contribution is 0.560. The van der Waals surface area contributed by atoms with E-state index in [1.54, 1.807) is 12.1 Å². The molecule has 0 amide bonds. The molecule has 1 heterocycles. The maximum Gasteiger partial charge on any atom is 0.128 e. The van der Waals surface area contributed by atoms with Gasteiger partial charge in [0.05, 0.1) is 16.6 Å². The van der Waals surface area contributed by atoms with Crippen LogP contribution in [0.25, 0.3) is 0 Å². The van der Waals surface area contributed by atoms with Crippen molar-refractivity contribution in [1.82, 2.24) is 15.0 Å². The summed E-state index contributed by atoms with van der Waals surface area (Å²) in [4.78, 5) is 0.862. The van der Waals surface area contributed by atoms with Crippen LogP contribution in [0.4, 0.5) is 4.39 Å². The van der Waals surface area contributed by atoms with Gasteiger partial charge in [-0.25, -0.2) is 9.82 Å². The molecule has 7 heteroatoms. The minimum Gasteiger partial charge on any atom is -0.271 e. The van der Waals surface area contributed by atoms with Crippen molar-refractivity contribution in [2.24, 2.45) is 5.84 Å². The van der Waals surface area contributed by atoms with E-state index in [-0.39, 0.29) is 5.82 Å². The van der Waals surface area contributed by atoms with Crippen LogP contribution in [0.3, 0.4) is 0 Å². The Labute approximate surface area is 123 Å². The van der Waals surface area contributed by atoms with Gasteiger partial charge in [0.1, 0.15) is 5.82 Å². The molecule has 0 saturated carbocycles. The van der Waals surface area contributed by atoms with E-state index in [0.717, 1.165) is 27.9 Å². The highest BCUT2D eigenvalue weighted by Gasteiger charge is 2.22. The van der Waals surface area contributed by atoms with Crippen LogP contribution in [0.5, 0.6) is 0 Å². The SMILES string of the molecule is CCCc1nnsc1C(NN)c1cc(Br)ccc1F. The van der Waals surface area contributed by atoms with E-state index in [0.29, 0.717) is 5.56 Å². The largest absolute Gasteiger partial charge is 0.271 e. The van der Waals surface area contributed by atoms with Crippen molar-refractivity contribution in [3.63, 3.8) is 0 Å². The number of hydrogen-bond donors (Lipinski definition) is 2. The molecule has 0 aliphatic rings. The Balaban J connectivity index is 2.44. The normalized spacial score (nSPS) is 12.6. The van der Waals surface area contributed by atoms with Crippen molar-refractivity contribution in [3.8, 4) is 0 Å². The summed E-state index contributed by atoms with van der Waals surface area (Å²) in [5.41, 5.74) is 4.01. The van der Waals surface area contributed by atoms with Gasteiger partial charge < -0.3 is 0 Å². The van der Waals surface area contributed by atoms with Gasteiger partial charge in [-0.05, 0) is 36.2 Å². The Morgan fingerprint density at radius 2 is 2.32 bits per heavy atom. The van der Waals surface area contributed by atoms with E-state index >= 15 is 0 Å². The minimum absolute atomic E-state index is 0.304. The zero-order valence-electron chi connectivity index (χ0n) is 10.4. The molecular weight excluding hydrogens is 331 g/mol. The molecule has 0 spiro atoms. The van der Waals surface area contributed by atoms with Crippen molar-refractivity contribution in [2.45, 2.75) is 25.8 Å². The molecule has 102 valence electrons. The third-order valence-electron chi connectivity index (χ3n) is 2.77. The Morgan fingerprint density at radius 3 is 3.00 bits per heavy atom. The molecule has 4 nitrogen and oxygen atoms in total. The standard InChI is InChI=1S/C12H14BrFN4S/c1-2-3-10-12(19-18-17-10)11(16-15)8-6-7(13)4-5-9(8)14/h4-6,11,16H,2-3,15H2,1H3. The molecule has 2 rings (SSSR count). The summed E-state index contributed by atoms with van der Waals surface area (Å²) >= 11 is 4.59. The van der Waals surface area contributed by atoms with Crippen molar-refractivity contribution in [3.05, 3.63) is 44.6 Å². The van der Waals surface area contributed by atoms with Crippen molar-refractivity contribution in [1.29, 1.82) is 0 Å². The molecule has 0 bridgehead atoms. The molecule has 1 unspecified atom stereocenters. The van der Waals surface area contributed by atoms with E-state index in [9.17, 15) is 4.39 Å². The maximum absolute atomic E-state index is 14.0. The Hall–Kier alpha value is -0.890. The number of hydrogen-bond acceptors (Lipinski definition) is 5. The van der Waals surface area contributed by atoms with Crippen LogP contribution >= 0.6 is 27.5 Å². The van der Waals surface area contributed by atoms with Crippen LogP contribution in [0.1, 0.15) is 35.5 Å². The maximum atomic E-state index is 14.0. The van der Waals surface area contributed by atoms with Crippen LogP contribution in [-0.2, 0) is 6.42 Å². The molecule has 0 aliphatic carbocycles. The molecule has 1 aromatic carbocycles. The molecule has 3 N–H and O–H groups in total. The summed E-state index contributed by atoms with van der Waals surface area (Å²) in [5, 5.41) is 4.09. The zero-order chi connectivity index (χ0) is 13.8. The van der Waals surface area contributed by atoms with E-state index in [2.05, 4.69) is 37.9 Å². The average Bonchev–Trinajstić information content (AvgIpc) is 2.83. The summed E-state index contributed by atoms with van der Waals surface area (Å²) in [6, 6.07) is 4.36. The first-order chi connectivity index (χ1) is 9.17. The summed E-state index contributed by atoms with van der Waals surface area (Å²) in [5.74, 6) is 5.30. The number of aromatic nitrogens is 2. The quantitative estimate of drug-likeness (QED) is 0.646. The lowest BCUT2D eigenvalue weighted by atomic mass is 10.0. The topological polar surface area (TPSA) is 63.8 Å². The predicted octanol–water partition coefficient (Wildman–Crippen LogP) is 2.94. The Kier molecular flexibility index (Phi) is 4.98. The van der Waals surface area contributed by atoms with Gasteiger partial charge >= 0.3 is 0 Å². The fourth-order valence-electron chi connectivity index (χ4n) is 1.89. The summed E-state index contributed by atoms with van der Waals surface area (Å²) in [6.45, 7) is 2.06. The van der Waals surface area contributed by atoms with Gasteiger partial charge in [-0.2, -0.15) is 0 Å². The highest BCUT2D eigenvalue weighted by atomic mass is 79.9. The predicted molar refractivity (Wildman–Crippen MR) is 77.2 cm³/mol. The zero-order valence-corrected chi connectivity index (χ0v) is 12.8. The van der Waals surface area contributed by atoms with Gasteiger partial charge in [-0.3, -0.25) is 5.84 Å². The molecule has 2 aromatic rings. The highest BCUT2D eigenvalue weighted by Crippen LogP contribution is 2.30. The smallest absolute Gasteiger partial charge is 0.128 e. The van der Waals surface area contributed by atoms with E-state index in [1.807, 2.05) is 0 Å². The Morgan fingerprint density at radius 1 is 1.53 bits per heavy atom. The first-order valence-electron chi connectivity index (χ1n) is 5.89. The number of aryl methyl sites for hydroxylation is 1. The first kappa shape index (κ1) is 14.5. The van der Waals surface area contributed by atoms with Gasteiger partial charge in [0, 0.05) is 10.0 Å². The summed E-state index contributed by atoms with van der Waals surface area (Å²) < 4.78 is 18.7. The van der Waals surface area contributed by atoms with Gasteiger partial charge in [0.15, 0.2) is 0 Å². The number of rotatable bonds is 5. The van der Waals surface area contributed by atoms with E-state index in [4.69, 9.17) is 5.84 Å². The number of hydrazine groups is 1. The first-order valence-corrected chi connectivity index (χ1v) is 7.46. The molecule has 0 radical (unpaired) electrons. The van der Waals surface area contributed by atoms with Crippen molar-refractivity contribution >= 4 is 27.5 Å². The summed E-state index contributed by atoms with van der Waals surface area (Å²) in [6.07, 6.45) is 1.76. The molecule has 0 fully saturated rings. The number of nitrogens with zero attached hydrogens (tertiary/aromatic N) is 2. The molecule has 1 aromatic heterocycles. The van der Waals surface area contributed by atoms with Crippen LogP contribution in [-0.4, -0.2) is 9.59 Å². The van der Waals surface area contributed by atoms with Crippen LogP contribution < -0.4 is 11.3 Å². The van der Waals surface area contributed by atoms with Gasteiger partial charge in [0.25, 0.3) is 0 Å². The Bertz CT molecular complexity index is 560. The third-order valence-corrected chi connectivity index (χ3v) is 4.09. The van der Waals surface area contributed by atoms with E-state index < -0.39 is 6.04 Å². The van der Waals surface area contributed by atoms with Gasteiger partial charge in [-0.15, -0.1) is 5.10 Å². The average molecular weight is 345 g/mol. The number of nitrogens with two attached hydrogens (primary N) is 1. The molecule has 0 aliphatic heterocycles. The number of nitrogens with one attached hydrogen (secondary N) is 1. The second-order valence-corrected chi connectivity index (χ2v) is 5.80. The molecule has 1 atom stereocenters.